The highest BCUT2D eigenvalue weighted by molar-refractivity contribution is 5.84. The van der Waals surface area contributed by atoms with Crippen LogP contribution in [-0.4, -0.2) is 4.98 Å². The molecule has 0 atom stereocenters. The topological polar surface area (TPSA) is 12.9 Å². The predicted octanol–water partition coefficient (Wildman–Crippen LogP) is 6.56. The molecule has 0 amide bonds. The Labute approximate surface area is 151 Å². The van der Waals surface area contributed by atoms with Crippen LogP contribution in [0, 0.1) is 6.92 Å². The molecule has 0 radical (unpaired) electrons. The van der Waals surface area contributed by atoms with Gasteiger partial charge in [0.15, 0.2) is 0 Å². The lowest BCUT2D eigenvalue weighted by atomic mass is 9.63. The van der Waals surface area contributed by atoms with Gasteiger partial charge in [-0.05, 0) is 65.5 Å². The number of hydrogen-bond donors (Lipinski definition) is 0. The molecule has 0 unspecified atom stereocenters. The number of benzene rings is 2. The molecule has 0 N–H and O–H groups in total. The van der Waals surface area contributed by atoms with E-state index in [0.29, 0.717) is 0 Å². The van der Waals surface area contributed by atoms with Gasteiger partial charge in [0.2, 0.25) is 0 Å². The van der Waals surface area contributed by atoms with Crippen molar-refractivity contribution in [3.63, 3.8) is 0 Å². The zero-order chi connectivity index (χ0) is 17.8. The first-order valence-corrected chi connectivity index (χ1v) is 9.30. The molecule has 0 fully saturated rings. The number of aromatic nitrogens is 1. The fraction of sp³-hybridized carbons (Fsp3) is 0.375. The van der Waals surface area contributed by atoms with Crippen molar-refractivity contribution in [1.29, 1.82) is 0 Å². The Bertz CT molecular complexity index is 963. The summed E-state index contributed by atoms with van der Waals surface area (Å²) in [5, 5.41) is 1.24. The van der Waals surface area contributed by atoms with Gasteiger partial charge in [0.05, 0.1) is 11.2 Å². The summed E-state index contributed by atoms with van der Waals surface area (Å²) in [5.41, 5.74) is 8.15. The minimum atomic E-state index is 0.230. The summed E-state index contributed by atoms with van der Waals surface area (Å²) in [6.45, 7) is 11.6. The summed E-state index contributed by atoms with van der Waals surface area (Å²) in [6.07, 6.45) is 2.49. The normalized spacial score (nSPS) is 18.1. The monoisotopic (exact) mass is 329 g/mol. The largest absolute Gasteiger partial charge is 0.248 e. The fourth-order valence-electron chi connectivity index (χ4n) is 4.22. The molecule has 1 aliphatic rings. The number of pyridine rings is 1. The zero-order valence-electron chi connectivity index (χ0n) is 16.0. The van der Waals surface area contributed by atoms with Gasteiger partial charge in [0, 0.05) is 10.9 Å². The average molecular weight is 329 g/mol. The van der Waals surface area contributed by atoms with Gasteiger partial charge in [-0.3, -0.25) is 0 Å². The van der Waals surface area contributed by atoms with Gasteiger partial charge in [0.1, 0.15) is 0 Å². The van der Waals surface area contributed by atoms with Gasteiger partial charge in [-0.15, -0.1) is 0 Å². The quantitative estimate of drug-likeness (QED) is 0.492. The Hall–Kier alpha value is -2.15. The van der Waals surface area contributed by atoms with Crippen LogP contribution in [0.3, 0.4) is 0 Å². The molecule has 0 spiro atoms. The van der Waals surface area contributed by atoms with E-state index in [0.717, 1.165) is 11.2 Å². The van der Waals surface area contributed by atoms with E-state index in [1.165, 1.54) is 40.5 Å². The number of rotatable bonds is 1. The van der Waals surface area contributed by atoms with E-state index in [9.17, 15) is 0 Å². The highest BCUT2D eigenvalue weighted by Crippen LogP contribution is 2.46. The molecule has 1 aromatic heterocycles. The molecule has 0 saturated heterocycles. The van der Waals surface area contributed by atoms with Crippen molar-refractivity contribution in [3.8, 4) is 11.3 Å². The first kappa shape index (κ1) is 16.3. The smallest absolute Gasteiger partial charge is 0.0712 e. The Morgan fingerprint density at radius 2 is 1.52 bits per heavy atom. The molecule has 4 rings (SSSR count). The van der Waals surface area contributed by atoms with Gasteiger partial charge in [0.25, 0.3) is 0 Å². The summed E-state index contributed by atoms with van der Waals surface area (Å²) >= 11 is 0. The van der Waals surface area contributed by atoms with E-state index in [1.54, 1.807) is 0 Å². The Morgan fingerprint density at radius 1 is 0.800 bits per heavy atom. The van der Waals surface area contributed by atoms with Crippen LogP contribution in [0.15, 0.2) is 48.5 Å². The lowest BCUT2D eigenvalue weighted by molar-refractivity contribution is 0.332. The van der Waals surface area contributed by atoms with E-state index in [-0.39, 0.29) is 10.8 Å². The molecule has 1 nitrogen and oxygen atoms in total. The molecule has 0 aliphatic heterocycles. The van der Waals surface area contributed by atoms with Gasteiger partial charge < -0.3 is 0 Å². The fourth-order valence-corrected chi connectivity index (χ4v) is 4.22. The summed E-state index contributed by atoms with van der Waals surface area (Å²) < 4.78 is 0. The van der Waals surface area contributed by atoms with Crippen molar-refractivity contribution in [1.82, 2.24) is 4.98 Å². The third-order valence-electron chi connectivity index (χ3n) is 6.10. The minimum Gasteiger partial charge on any atom is -0.248 e. The number of fused-ring (bicyclic) bond motifs is 2. The van der Waals surface area contributed by atoms with Crippen molar-refractivity contribution in [2.24, 2.45) is 0 Å². The van der Waals surface area contributed by atoms with Crippen molar-refractivity contribution < 1.29 is 0 Å². The molecule has 1 heterocycles. The highest BCUT2D eigenvalue weighted by atomic mass is 14.7. The summed E-state index contributed by atoms with van der Waals surface area (Å²) in [4.78, 5) is 4.94. The maximum absolute atomic E-state index is 4.94. The van der Waals surface area contributed by atoms with Crippen LogP contribution < -0.4 is 0 Å². The Kier molecular flexibility index (Phi) is 3.54. The van der Waals surface area contributed by atoms with Gasteiger partial charge in [-0.25, -0.2) is 4.98 Å². The number of aryl methyl sites for hydroxylation is 1. The van der Waals surface area contributed by atoms with Crippen molar-refractivity contribution in [3.05, 3.63) is 65.2 Å². The molecule has 3 aromatic rings. The molecule has 0 saturated carbocycles. The van der Waals surface area contributed by atoms with Gasteiger partial charge in [-0.2, -0.15) is 0 Å². The molecule has 1 aliphatic carbocycles. The first-order valence-electron chi connectivity index (χ1n) is 9.30. The van der Waals surface area contributed by atoms with Gasteiger partial charge >= 0.3 is 0 Å². The van der Waals surface area contributed by atoms with E-state index in [2.05, 4.69) is 83.1 Å². The van der Waals surface area contributed by atoms with E-state index < -0.39 is 0 Å². The van der Waals surface area contributed by atoms with E-state index in [4.69, 9.17) is 4.98 Å². The minimum absolute atomic E-state index is 0.230. The number of hydrogen-bond acceptors (Lipinski definition) is 1. The second kappa shape index (κ2) is 5.42. The maximum atomic E-state index is 4.94. The molecule has 128 valence electrons. The van der Waals surface area contributed by atoms with Crippen LogP contribution in [0.2, 0.25) is 0 Å². The first-order chi connectivity index (χ1) is 11.8. The van der Waals surface area contributed by atoms with Crippen LogP contribution in [0.1, 0.15) is 57.2 Å². The standard InChI is InChI=1S/C24H27N/c1-16-7-6-8-22-18(16)10-12-21(25-22)17-9-11-19-20(15-17)24(4,5)14-13-23(19,2)3/h6-12,15H,13-14H2,1-5H3. The molecule has 1 heteroatoms. The van der Waals surface area contributed by atoms with Crippen LogP contribution in [0.4, 0.5) is 0 Å². The van der Waals surface area contributed by atoms with E-state index >= 15 is 0 Å². The van der Waals surface area contributed by atoms with Crippen LogP contribution >= 0.6 is 0 Å². The molecular formula is C24H27N. The predicted molar refractivity (Wildman–Crippen MR) is 107 cm³/mol. The molecule has 2 aromatic carbocycles. The van der Waals surface area contributed by atoms with Crippen LogP contribution in [0.25, 0.3) is 22.2 Å². The van der Waals surface area contributed by atoms with Crippen molar-refractivity contribution in [2.75, 3.05) is 0 Å². The SMILES string of the molecule is Cc1cccc2nc(-c3ccc4c(c3)C(C)(C)CCC4(C)C)ccc12. The number of nitrogens with zero attached hydrogens (tertiary/aromatic N) is 1. The summed E-state index contributed by atoms with van der Waals surface area (Å²) in [6, 6.07) is 17.7. The summed E-state index contributed by atoms with van der Waals surface area (Å²) in [7, 11) is 0. The molecule has 25 heavy (non-hydrogen) atoms. The lowest BCUT2D eigenvalue weighted by Gasteiger charge is -2.42. The summed E-state index contributed by atoms with van der Waals surface area (Å²) in [5.74, 6) is 0. The lowest BCUT2D eigenvalue weighted by Crippen LogP contribution is -2.33. The zero-order valence-corrected chi connectivity index (χ0v) is 16.0. The van der Waals surface area contributed by atoms with Crippen LogP contribution in [0.5, 0.6) is 0 Å². The van der Waals surface area contributed by atoms with Crippen LogP contribution in [-0.2, 0) is 10.8 Å². The molecular weight excluding hydrogens is 302 g/mol. The van der Waals surface area contributed by atoms with Crippen molar-refractivity contribution in [2.45, 2.75) is 58.3 Å². The van der Waals surface area contributed by atoms with Crippen molar-refractivity contribution >= 4 is 10.9 Å². The molecule has 0 bridgehead atoms. The second-order valence-electron chi connectivity index (χ2n) is 8.87. The maximum Gasteiger partial charge on any atom is 0.0712 e. The third-order valence-corrected chi connectivity index (χ3v) is 6.10. The Balaban J connectivity index is 1.88. The third kappa shape index (κ3) is 2.66. The Morgan fingerprint density at radius 3 is 2.28 bits per heavy atom. The van der Waals surface area contributed by atoms with E-state index in [1.807, 2.05) is 0 Å². The average Bonchev–Trinajstić information content (AvgIpc) is 2.59. The highest BCUT2D eigenvalue weighted by Gasteiger charge is 2.37. The second-order valence-corrected chi connectivity index (χ2v) is 8.87. The van der Waals surface area contributed by atoms with Gasteiger partial charge in [-0.1, -0.05) is 58.0 Å².